The van der Waals surface area contributed by atoms with Gasteiger partial charge < -0.3 is 5.73 Å². The predicted octanol–water partition coefficient (Wildman–Crippen LogP) is 0.0706. The Morgan fingerprint density at radius 2 is 1.89 bits per heavy atom. The minimum atomic E-state index is 0.461. The van der Waals surface area contributed by atoms with E-state index in [1.54, 1.807) is 13.8 Å². The van der Waals surface area contributed by atoms with Crippen molar-refractivity contribution in [2.45, 2.75) is 13.8 Å². The summed E-state index contributed by atoms with van der Waals surface area (Å²) in [6.07, 6.45) is 0. The van der Waals surface area contributed by atoms with Crippen LogP contribution >= 0.6 is 0 Å². The van der Waals surface area contributed by atoms with E-state index < -0.39 is 0 Å². The number of rotatable bonds is 0. The molecule has 2 N–H and O–H groups in total. The minimum Gasteiger partial charge on any atom is -0.382 e. The van der Waals surface area contributed by atoms with Crippen LogP contribution in [0.5, 0.6) is 0 Å². The molecule has 4 heteroatoms. The lowest BCUT2D eigenvalue weighted by Gasteiger charge is -1.94. The topological polar surface area (TPSA) is 64.7 Å². The van der Waals surface area contributed by atoms with Gasteiger partial charge in [-0.2, -0.15) is 5.10 Å². The first-order valence-corrected chi connectivity index (χ1v) is 2.63. The summed E-state index contributed by atoms with van der Waals surface area (Å²) in [6.45, 7) is 3.53. The van der Waals surface area contributed by atoms with Gasteiger partial charge in [0.05, 0.1) is 0 Å². The molecule has 1 aromatic rings. The summed E-state index contributed by atoms with van der Waals surface area (Å²) < 4.78 is 0. The average Bonchev–Trinajstić information content (AvgIpc) is 1.80. The van der Waals surface area contributed by atoms with E-state index in [1.165, 1.54) is 0 Å². The first-order chi connectivity index (χ1) is 4.20. The Kier molecular flexibility index (Phi) is 1.30. The summed E-state index contributed by atoms with van der Waals surface area (Å²) in [5, 5.41) is 7.44. The molecule has 0 aromatic carbocycles. The van der Waals surface area contributed by atoms with Crippen LogP contribution in [-0.4, -0.2) is 15.2 Å². The molecule has 0 aliphatic heterocycles. The zero-order chi connectivity index (χ0) is 6.85. The zero-order valence-electron chi connectivity index (χ0n) is 5.42. The number of nitrogens with two attached hydrogens (primary N) is 1. The van der Waals surface area contributed by atoms with E-state index in [2.05, 4.69) is 15.2 Å². The van der Waals surface area contributed by atoms with E-state index in [1.807, 2.05) is 0 Å². The van der Waals surface area contributed by atoms with Crippen molar-refractivity contribution >= 4 is 5.82 Å². The highest BCUT2D eigenvalue weighted by molar-refractivity contribution is 5.31. The Bertz CT molecular complexity index is 220. The van der Waals surface area contributed by atoms with Crippen LogP contribution in [0.2, 0.25) is 0 Å². The Labute approximate surface area is 53.1 Å². The maximum Gasteiger partial charge on any atom is 0.150 e. The molecular formula is C5H8N4. The lowest BCUT2D eigenvalue weighted by Crippen LogP contribution is -2.01. The summed E-state index contributed by atoms with van der Waals surface area (Å²) in [6, 6.07) is 0. The van der Waals surface area contributed by atoms with Gasteiger partial charge in [0, 0.05) is 0 Å². The first kappa shape index (κ1) is 5.94. The third-order valence-corrected chi connectivity index (χ3v) is 0.998. The Balaban J connectivity index is 3.17. The van der Waals surface area contributed by atoms with Gasteiger partial charge in [-0.3, -0.25) is 0 Å². The molecule has 0 bridgehead atoms. The van der Waals surface area contributed by atoms with Crippen LogP contribution in [-0.2, 0) is 0 Å². The smallest absolute Gasteiger partial charge is 0.150 e. The molecular weight excluding hydrogens is 116 g/mol. The van der Waals surface area contributed by atoms with Gasteiger partial charge in [0.1, 0.15) is 17.3 Å². The third kappa shape index (κ3) is 1.13. The molecule has 0 aliphatic rings. The molecule has 0 aliphatic carbocycles. The van der Waals surface area contributed by atoms with E-state index in [0.717, 1.165) is 0 Å². The SMILES string of the molecule is Cc1nnc(C)c(N)n1. The van der Waals surface area contributed by atoms with Crippen LogP contribution in [0, 0.1) is 13.8 Å². The molecule has 0 unspecified atom stereocenters. The van der Waals surface area contributed by atoms with Gasteiger partial charge in [-0.15, -0.1) is 5.10 Å². The van der Waals surface area contributed by atoms with Gasteiger partial charge in [-0.05, 0) is 13.8 Å². The van der Waals surface area contributed by atoms with E-state index in [0.29, 0.717) is 17.3 Å². The average molecular weight is 124 g/mol. The molecule has 0 saturated carbocycles. The van der Waals surface area contributed by atoms with Crippen LogP contribution in [0.4, 0.5) is 5.82 Å². The van der Waals surface area contributed by atoms with Crippen LogP contribution in [0.1, 0.15) is 11.5 Å². The molecule has 0 spiro atoms. The molecule has 0 radical (unpaired) electrons. The number of nitrogen functional groups attached to an aromatic ring is 1. The van der Waals surface area contributed by atoms with E-state index >= 15 is 0 Å². The van der Waals surface area contributed by atoms with Crippen molar-refractivity contribution in [1.29, 1.82) is 0 Å². The highest BCUT2D eigenvalue weighted by Crippen LogP contribution is 1.98. The van der Waals surface area contributed by atoms with Gasteiger partial charge in [-0.1, -0.05) is 0 Å². The van der Waals surface area contributed by atoms with E-state index in [9.17, 15) is 0 Å². The molecule has 0 saturated heterocycles. The van der Waals surface area contributed by atoms with Crippen molar-refractivity contribution < 1.29 is 0 Å². The highest BCUT2D eigenvalue weighted by Gasteiger charge is 1.94. The van der Waals surface area contributed by atoms with Crippen LogP contribution in [0.3, 0.4) is 0 Å². The second-order valence-electron chi connectivity index (χ2n) is 1.83. The molecule has 0 fully saturated rings. The number of aromatic nitrogens is 3. The van der Waals surface area contributed by atoms with Gasteiger partial charge >= 0.3 is 0 Å². The van der Waals surface area contributed by atoms with Crippen molar-refractivity contribution in [2.24, 2.45) is 0 Å². The molecule has 1 rings (SSSR count). The largest absolute Gasteiger partial charge is 0.382 e. The maximum atomic E-state index is 5.41. The fraction of sp³-hybridized carbons (Fsp3) is 0.400. The molecule has 4 nitrogen and oxygen atoms in total. The van der Waals surface area contributed by atoms with Crippen molar-refractivity contribution in [3.05, 3.63) is 11.5 Å². The summed E-state index contributed by atoms with van der Waals surface area (Å²) in [7, 11) is 0. The summed E-state index contributed by atoms with van der Waals surface area (Å²) in [5.41, 5.74) is 6.09. The van der Waals surface area contributed by atoms with Crippen molar-refractivity contribution in [1.82, 2.24) is 15.2 Å². The Hall–Kier alpha value is -1.19. The molecule has 0 atom stereocenters. The Morgan fingerprint density at radius 1 is 1.22 bits per heavy atom. The lowest BCUT2D eigenvalue weighted by atomic mass is 10.5. The van der Waals surface area contributed by atoms with Crippen LogP contribution < -0.4 is 5.73 Å². The summed E-state index contributed by atoms with van der Waals surface area (Å²) >= 11 is 0. The quantitative estimate of drug-likeness (QED) is 0.531. The number of aryl methyl sites for hydroxylation is 2. The normalized spacial score (nSPS) is 9.56. The molecule has 1 heterocycles. The Morgan fingerprint density at radius 3 is 2.33 bits per heavy atom. The predicted molar refractivity (Wildman–Crippen MR) is 33.7 cm³/mol. The van der Waals surface area contributed by atoms with E-state index in [4.69, 9.17) is 5.73 Å². The standard InChI is InChI=1S/C5H8N4/c1-3-5(6)7-4(2)9-8-3/h1-2H3,(H2,6,7,9). The van der Waals surface area contributed by atoms with Crippen molar-refractivity contribution in [3.63, 3.8) is 0 Å². The third-order valence-electron chi connectivity index (χ3n) is 0.998. The van der Waals surface area contributed by atoms with Gasteiger partial charge in [-0.25, -0.2) is 4.98 Å². The highest BCUT2D eigenvalue weighted by atomic mass is 15.2. The van der Waals surface area contributed by atoms with Crippen LogP contribution in [0.15, 0.2) is 0 Å². The first-order valence-electron chi connectivity index (χ1n) is 2.63. The summed E-state index contributed by atoms with van der Waals surface area (Å²) in [4.78, 5) is 3.88. The second kappa shape index (κ2) is 1.97. The van der Waals surface area contributed by atoms with Crippen molar-refractivity contribution in [2.75, 3.05) is 5.73 Å². The van der Waals surface area contributed by atoms with Crippen molar-refractivity contribution in [3.8, 4) is 0 Å². The van der Waals surface area contributed by atoms with Gasteiger partial charge in [0.15, 0.2) is 0 Å². The summed E-state index contributed by atoms with van der Waals surface area (Å²) in [5.74, 6) is 1.07. The lowest BCUT2D eigenvalue weighted by molar-refractivity contribution is 0.883. The zero-order valence-corrected chi connectivity index (χ0v) is 5.42. The number of nitrogens with zero attached hydrogens (tertiary/aromatic N) is 3. The van der Waals surface area contributed by atoms with Gasteiger partial charge in [0.25, 0.3) is 0 Å². The second-order valence-corrected chi connectivity index (χ2v) is 1.83. The number of hydrogen-bond acceptors (Lipinski definition) is 4. The molecule has 48 valence electrons. The minimum absolute atomic E-state index is 0.461. The fourth-order valence-electron chi connectivity index (χ4n) is 0.476. The molecule has 0 amide bonds. The molecule has 9 heavy (non-hydrogen) atoms. The maximum absolute atomic E-state index is 5.41. The van der Waals surface area contributed by atoms with Gasteiger partial charge in [0.2, 0.25) is 0 Å². The van der Waals surface area contributed by atoms with Crippen LogP contribution in [0.25, 0.3) is 0 Å². The monoisotopic (exact) mass is 124 g/mol. The number of anilines is 1. The van der Waals surface area contributed by atoms with E-state index in [-0.39, 0.29) is 0 Å². The fourth-order valence-corrected chi connectivity index (χ4v) is 0.476. The molecule has 1 aromatic heterocycles. The number of hydrogen-bond donors (Lipinski definition) is 1.